The van der Waals surface area contributed by atoms with Crippen molar-refractivity contribution >= 4 is 0 Å². The van der Waals surface area contributed by atoms with Gasteiger partial charge in [-0.15, -0.1) is 10.2 Å². The van der Waals surface area contributed by atoms with Gasteiger partial charge in [-0.1, -0.05) is 44.2 Å². The number of hydrogen-bond acceptors (Lipinski definition) is 3. The molecule has 1 fully saturated rings. The van der Waals surface area contributed by atoms with Crippen LogP contribution in [0.15, 0.2) is 36.7 Å². The van der Waals surface area contributed by atoms with Crippen molar-refractivity contribution in [3.05, 3.63) is 48.0 Å². The summed E-state index contributed by atoms with van der Waals surface area (Å²) < 4.78 is 1.97. The van der Waals surface area contributed by atoms with Gasteiger partial charge < -0.3 is 9.88 Å². The van der Waals surface area contributed by atoms with E-state index in [0.717, 1.165) is 12.4 Å². The van der Waals surface area contributed by atoms with E-state index in [4.69, 9.17) is 0 Å². The Balaban J connectivity index is 1.63. The van der Waals surface area contributed by atoms with Crippen molar-refractivity contribution in [3.8, 4) is 0 Å². The van der Waals surface area contributed by atoms with E-state index in [-0.39, 0.29) is 5.41 Å². The average molecular weight is 270 g/mol. The maximum atomic E-state index is 4.12. The summed E-state index contributed by atoms with van der Waals surface area (Å²) in [5.41, 5.74) is 1.73. The molecule has 0 unspecified atom stereocenters. The van der Waals surface area contributed by atoms with E-state index >= 15 is 0 Å². The Morgan fingerprint density at radius 2 is 2.05 bits per heavy atom. The normalized spacial score (nSPS) is 24.4. The molecule has 1 aliphatic carbocycles. The van der Waals surface area contributed by atoms with Gasteiger partial charge in [0.1, 0.15) is 12.2 Å². The molecule has 1 aromatic carbocycles. The standard InChI is InChI=1S/C16H22N4/c1-16(2)13(12-7-5-4-6-8-12)9-14(16)17-10-15-19-18-11-20(15)3/h4-8,11,13-14,17H,9-10H2,1-3H3/t13-,14+/m0/s1. The summed E-state index contributed by atoms with van der Waals surface area (Å²) in [6.07, 6.45) is 2.94. The lowest BCUT2D eigenvalue weighted by Crippen LogP contribution is -2.55. The molecule has 1 N–H and O–H groups in total. The summed E-state index contributed by atoms with van der Waals surface area (Å²) in [6.45, 7) is 5.48. The van der Waals surface area contributed by atoms with Gasteiger partial charge in [0, 0.05) is 13.1 Å². The molecular weight excluding hydrogens is 248 g/mol. The molecule has 0 bridgehead atoms. The van der Waals surface area contributed by atoms with Gasteiger partial charge in [-0.25, -0.2) is 0 Å². The van der Waals surface area contributed by atoms with Crippen LogP contribution in [0.3, 0.4) is 0 Å². The zero-order chi connectivity index (χ0) is 14.2. The first-order chi connectivity index (χ1) is 9.59. The zero-order valence-electron chi connectivity index (χ0n) is 12.4. The Morgan fingerprint density at radius 3 is 2.65 bits per heavy atom. The molecule has 1 aliphatic rings. The Kier molecular flexibility index (Phi) is 3.34. The lowest BCUT2D eigenvalue weighted by atomic mass is 9.56. The summed E-state index contributed by atoms with van der Waals surface area (Å²) >= 11 is 0. The molecule has 4 heteroatoms. The molecule has 1 heterocycles. The van der Waals surface area contributed by atoms with E-state index in [0.29, 0.717) is 12.0 Å². The highest BCUT2D eigenvalue weighted by Gasteiger charge is 2.48. The van der Waals surface area contributed by atoms with E-state index in [9.17, 15) is 0 Å². The van der Waals surface area contributed by atoms with Gasteiger partial charge in [0.05, 0.1) is 6.54 Å². The summed E-state index contributed by atoms with van der Waals surface area (Å²) in [4.78, 5) is 0. The number of nitrogens with zero attached hydrogens (tertiary/aromatic N) is 3. The third kappa shape index (κ3) is 2.24. The van der Waals surface area contributed by atoms with Gasteiger partial charge in [-0.05, 0) is 23.3 Å². The van der Waals surface area contributed by atoms with Crippen LogP contribution in [0, 0.1) is 5.41 Å². The number of aromatic nitrogens is 3. The van der Waals surface area contributed by atoms with E-state index in [1.165, 1.54) is 12.0 Å². The molecule has 1 saturated carbocycles. The lowest BCUT2D eigenvalue weighted by molar-refractivity contribution is 0.0671. The third-order valence-electron chi connectivity index (χ3n) is 4.78. The molecule has 4 nitrogen and oxygen atoms in total. The summed E-state index contributed by atoms with van der Waals surface area (Å²) in [7, 11) is 1.98. The van der Waals surface area contributed by atoms with Gasteiger partial charge in [0.15, 0.2) is 0 Å². The Labute approximate surface area is 120 Å². The molecule has 0 saturated heterocycles. The number of rotatable bonds is 4. The molecule has 20 heavy (non-hydrogen) atoms. The van der Waals surface area contributed by atoms with Crippen molar-refractivity contribution in [2.45, 2.75) is 38.8 Å². The van der Waals surface area contributed by atoms with Crippen molar-refractivity contribution in [3.63, 3.8) is 0 Å². The van der Waals surface area contributed by atoms with Crippen molar-refractivity contribution in [1.29, 1.82) is 0 Å². The zero-order valence-corrected chi connectivity index (χ0v) is 12.4. The first-order valence-corrected chi connectivity index (χ1v) is 7.20. The summed E-state index contributed by atoms with van der Waals surface area (Å²) in [5, 5.41) is 11.7. The van der Waals surface area contributed by atoms with Crippen LogP contribution in [0.2, 0.25) is 0 Å². The quantitative estimate of drug-likeness (QED) is 0.928. The molecule has 0 aliphatic heterocycles. The monoisotopic (exact) mass is 270 g/mol. The Bertz CT molecular complexity index is 573. The molecule has 0 spiro atoms. The lowest BCUT2D eigenvalue weighted by Gasteiger charge is -2.53. The van der Waals surface area contributed by atoms with Crippen LogP contribution in [-0.4, -0.2) is 20.8 Å². The predicted molar refractivity (Wildman–Crippen MR) is 79.2 cm³/mol. The topological polar surface area (TPSA) is 42.7 Å². The van der Waals surface area contributed by atoms with Gasteiger partial charge in [-0.2, -0.15) is 0 Å². The van der Waals surface area contributed by atoms with Crippen LogP contribution < -0.4 is 5.32 Å². The van der Waals surface area contributed by atoms with E-state index in [1.807, 2.05) is 11.6 Å². The highest BCUT2D eigenvalue weighted by molar-refractivity contribution is 5.27. The SMILES string of the molecule is Cn1cnnc1CN[C@@H]1C[C@@H](c2ccccc2)C1(C)C. The second kappa shape index (κ2) is 5.02. The maximum Gasteiger partial charge on any atom is 0.146 e. The summed E-state index contributed by atoms with van der Waals surface area (Å²) in [5.74, 6) is 1.63. The van der Waals surface area contributed by atoms with Crippen LogP contribution >= 0.6 is 0 Å². The van der Waals surface area contributed by atoms with Crippen molar-refractivity contribution in [1.82, 2.24) is 20.1 Å². The van der Waals surface area contributed by atoms with Crippen LogP contribution in [0.4, 0.5) is 0 Å². The minimum atomic E-state index is 0.278. The molecule has 0 radical (unpaired) electrons. The van der Waals surface area contributed by atoms with Crippen molar-refractivity contribution < 1.29 is 0 Å². The first kappa shape index (κ1) is 13.3. The van der Waals surface area contributed by atoms with Gasteiger partial charge in [0.25, 0.3) is 0 Å². The fourth-order valence-electron chi connectivity index (χ4n) is 3.20. The predicted octanol–water partition coefficient (Wildman–Crippen LogP) is 2.49. The molecule has 1 aromatic heterocycles. The van der Waals surface area contributed by atoms with Crippen LogP contribution in [0.25, 0.3) is 0 Å². The Hall–Kier alpha value is -1.68. The molecule has 106 valence electrons. The number of aryl methyl sites for hydroxylation is 1. The molecule has 3 rings (SSSR count). The third-order valence-corrected chi connectivity index (χ3v) is 4.78. The van der Waals surface area contributed by atoms with Gasteiger partial charge in [-0.3, -0.25) is 0 Å². The minimum absolute atomic E-state index is 0.278. The highest BCUT2D eigenvalue weighted by atomic mass is 15.3. The van der Waals surface area contributed by atoms with E-state index in [2.05, 4.69) is 59.7 Å². The Morgan fingerprint density at radius 1 is 1.30 bits per heavy atom. The number of hydrogen-bond donors (Lipinski definition) is 1. The van der Waals surface area contributed by atoms with Crippen LogP contribution in [0.5, 0.6) is 0 Å². The van der Waals surface area contributed by atoms with Gasteiger partial charge in [0.2, 0.25) is 0 Å². The molecular formula is C16H22N4. The smallest absolute Gasteiger partial charge is 0.146 e. The largest absolute Gasteiger partial charge is 0.320 e. The first-order valence-electron chi connectivity index (χ1n) is 7.20. The van der Waals surface area contributed by atoms with Crippen molar-refractivity contribution in [2.75, 3.05) is 0 Å². The maximum absolute atomic E-state index is 4.12. The highest BCUT2D eigenvalue weighted by Crippen LogP contribution is 2.52. The number of nitrogens with one attached hydrogen (secondary N) is 1. The minimum Gasteiger partial charge on any atom is -0.320 e. The van der Waals surface area contributed by atoms with Crippen molar-refractivity contribution in [2.24, 2.45) is 12.5 Å². The summed E-state index contributed by atoms with van der Waals surface area (Å²) in [6, 6.07) is 11.4. The van der Waals surface area contributed by atoms with Crippen LogP contribution in [-0.2, 0) is 13.6 Å². The number of benzene rings is 1. The van der Waals surface area contributed by atoms with Gasteiger partial charge >= 0.3 is 0 Å². The molecule has 2 aromatic rings. The van der Waals surface area contributed by atoms with E-state index < -0.39 is 0 Å². The molecule has 2 atom stereocenters. The molecule has 0 amide bonds. The van der Waals surface area contributed by atoms with Crippen LogP contribution in [0.1, 0.15) is 37.6 Å². The fourth-order valence-corrected chi connectivity index (χ4v) is 3.20. The van der Waals surface area contributed by atoms with E-state index in [1.54, 1.807) is 6.33 Å². The fraction of sp³-hybridized carbons (Fsp3) is 0.500. The average Bonchev–Trinajstić information content (AvgIpc) is 2.84. The second-order valence-electron chi connectivity index (χ2n) is 6.31. The second-order valence-corrected chi connectivity index (χ2v) is 6.31.